The van der Waals surface area contributed by atoms with Crippen LogP contribution in [-0.4, -0.2) is 65.8 Å². The van der Waals surface area contributed by atoms with Crippen molar-refractivity contribution in [2.75, 3.05) is 33.2 Å². The first-order valence-corrected chi connectivity index (χ1v) is 13.6. The number of likely N-dealkylation sites (N-methyl/N-ethyl adjacent to an activating group) is 1. The summed E-state index contributed by atoms with van der Waals surface area (Å²) >= 11 is 0. The van der Waals surface area contributed by atoms with Crippen LogP contribution in [0.25, 0.3) is 6.08 Å². The maximum atomic E-state index is 13.8. The third kappa shape index (κ3) is 7.94. The molecular weight excluding hydrogens is 515 g/mol. The summed E-state index contributed by atoms with van der Waals surface area (Å²) in [6.45, 7) is 5.55. The van der Waals surface area contributed by atoms with Crippen molar-refractivity contribution < 1.29 is 22.8 Å². The third-order valence-corrected chi connectivity index (χ3v) is 7.49. The molecule has 2 aromatic rings. The Kier molecular flexibility index (Phi) is 9.63. The van der Waals surface area contributed by atoms with Crippen LogP contribution in [0.3, 0.4) is 0 Å². The van der Waals surface area contributed by atoms with Gasteiger partial charge in [-0.2, -0.15) is 13.2 Å². The molecule has 4 rings (SSSR count). The predicted molar refractivity (Wildman–Crippen MR) is 151 cm³/mol. The van der Waals surface area contributed by atoms with Crippen molar-refractivity contribution in [3.63, 3.8) is 0 Å². The molecule has 1 unspecified atom stereocenters. The fraction of sp³-hybridized carbons (Fsp3) is 0.375. The van der Waals surface area contributed by atoms with Crippen molar-refractivity contribution in [3.8, 4) is 0 Å². The molecule has 0 spiro atoms. The van der Waals surface area contributed by atoms with E-state index in [9.17, 15) is 22.8 Å². The first-order valence-electron chi connectivity index (χ1n) is 13.6. The highest BCUT2D eigenvalue weighted by atomic mass is 19.4. The Bertz CT molecular complexity index is 1260. The summed E-state index contributed by atoms with van der Waals surface area (Å²) in [5.41, 5.74) is 1.71. The largest absolute Gasteiger partial charge is 0.416 e. The van der Waals surface area contributed by atoms with Crippen LogP contribution in [0.2, 0.25) is 0 Å². The summed E-state index contributed by atoms with van der Waals surface area (Å²) in [6, 6.07) is 14.3. The molecule has 1 saturated heterocycles. The third-order valence-electron chi connectivity index (χ3n) is 7.49. The average Bonchev–Trinajstić information content (AvgIpc) is 2.95. The quantitative estimate of drug-likeness (QED) is 0.390. The maximum absolute atomic E-state index is 13.8. The molecular formula is C32H36F3N3O2. The van der Waals surface area contributed by atoms with Gasteiger partial charge in [0.15, 0.2) is 0 Å². The minimum absolute atomic E-state index is 0.115. The fourth-order valence-electron chi connectivity index (χ4n) is 4.97. The molecule has 2 aromatic carbocycles. The lowest BCUT2D eigenvalue weighted by Crippen LogP contribution is -2.55. The number of carbonyl (C=O) groups is 2. The normalized spacial score (nSPS) is 19.0. The number of hydrogen-bond donors (Lipinski definition) is 0. The lowest BCUT2D eigenvalue weighted by molar-refractivity contribution is -0.143. The van der Waals surface area contributed by atoms with Gasteiger partial charge in [-0.3, -0.25) is 14.5 Å². The van der Waals surface area contributed by atoms with Gasteiger partial charge in [-0.15, -0.1) is 0 Å². The van der Waals surface area contributed by atoms with E-state index in [4.69, 9.17) is 0 Å². The highest BCUT2D eigenvalue weighted by Gasteiger charge is 2.33. The Labute approximate surface area is 234 Å². The Balaban J connectivity index is 1.45. The van der Waals surface area contributed by atoms with E-state index in [1.807, 2.05) is 29.2 Å². The van der Waals surface area contributed by atoms with Gasteiger partial charge in [0.05, 0.1) is 5.56 Å². The summed E-state index contributed by atoms with van der Waals surface area (Å²) in [5, 5.41) is 0. The summed E-state index contributed by atoms with van der Waals surface area (Å²) in [5.74, 6) is -0.131. The summed E-state index contributed by atoms with van der Waals surface area (Å²) in [4.78, 5) is 32.5. The second-order valence-corrected chi connectivity index (χ2v) is 10.6. The van der Waals surface area contributed by atoms with Gasteiger partial charge in [0.25, 0.3) is 0 Å². The fourth-order valence-corrected chi connectivity index (χ4v) is 4.97. The molecule has 2 amide bonds. The summed E-state index contributed by atoms with van der Waals surface area (Å²) < 4.78 is 39.3. The Morgan fingerprint density at radius 3 is 2.42 bits per heavy atom. The van der Waals surface area contributed by atoms with Crippen LogP contribution in [-0.2, 0) is 22.3 Å². The second kappa shape index (κ2) is 13.1. The lowest BCUT2D eigenvalue weighted by atomic mass is 9.93. The Morgan fingerprint density at radius 2 is 1.77 bits per heavy atom. The molecule has 40 heavy (non-hydrogen) atoms. The van der Waals surface area contributed by atoms with Crippen LogP contribution in [0.1, 0.15) is 36.5 Å². The van der Waals surface area contributed by atoms with Crippen LogP contribution in [0, 0.1) is 5.92 Å². The van der Waals surface area contributed by atoms with Crippen LogP contribution in [0.15, 0.2) is 84.5 Å². The monoisotopic (exact) mass is 551 g/mol. The molecule has 0 saturated carbocycles. The number of carbonyl (C=O) groups excluding carboxylic acids is 2. The summed E-state index contributed by atoms with van der Waals surface area (Å²) in [6.07, 6.45) is 5.62. The van der Waals surface area contributed by atoms with Crippen LogP contribution in [0.5, 0.6) is 0 Å². The molecule has 1 heterocycles. The number of rotatable bonds is 8. The second-order valence-electron chi connectivity index (χ2n) is 10.6. The van der Waals surface area contributed by atoms with E-state index in [0.717, 1.165) is 43.8 Å². The molecule has 5 nitrogen and oxygen atoms in total. The van der Waals surface area contributed by atoms with Crippen molar-refractivity contribution in [1.82, 2.24) is 14.7 Å². The van der Waals surface area contributed by atoms with E-state index in [-0.39, 0.29) is 11.5 Å². The van der Waals surface area contributed by atoms with E-state index >= 15 is 0 Å². The van der Waals surface area contributed by atoms with Crippen LogP contribution in [0.4, 0.5) is 13.2 Å². The smallest absolute Gasteiger partial charge is 0.338 e. The first-order chi connectivity index (χ1) is 19.1. The number of amides is 2. The topological polar surface area (TPSA) is 43.9 Å². The van der Waals surface area contributed by atoms with Gasteiger partial charge in [-0.25, -0.2) is 0 Å². The lowest BCUT2D eigenvalue weighted by Gasteiger charge is -2.38. The van der Waals surface area contributed by atoms with E-state index < -0.39 is 23.7 Å². The highest BCUT2D eigenvalue weighted by molar-refractivity contribution is 5.95. The van der Waals surface area contributed by atoms with Crippen LogP contribution >= 0.6 is 0 Å². The Morgan fingerprint density at radius 1 is 1.05 bits per heavy atom. The summed E-state index contributed by atoms with van der Waals surface area (Å²) in [7, 11) is 1.59. The van der Waals surface area contributed by atoms with E-state index in [1.165, 1.54) is 34.7 Å². The molecule has 2 aliphatic rings. The number of hydrogen-bond acceptors (Lipinski definition) is 3. The highest BCUT2D eigenvalue weighted by Crippen LogP contribution is 2.30. The van der Waals surface area contributed by atoms with Gasteiger partial charge in [-0.05, 0) is 47.2 Å². The van der Waals surface area contributed by atoms with E-state index in [2.05, 4.69) is 36.1 Å². The molecule has 2 atom stereocenters. The van der Waals surface area contributed by atoms with Gasteiger partial charge in [0, 0.05) is 52.3 Å². The van der Waals surface area contributed by atoms with Crippen molar-refractivity contribution in [3.05, 3.63) is 101 Å². The van der Waals surface area contributed by atoms with Gasteiger partial charge >= 0.3 is 6.18 Å². The molecule has 1 aliphatic heterocycles. The molecule has 0 radical (unpaired) electrons. The zero-order valence-corrected chi connectivity index (χ0v) is 23.0. The number of piperazine rings is 1. The average molecular weight is 552 g/mol. The van der Waals surface area contributed by atoms with Crippen molar-refractivity contribution in [2.45, 2.75) is 38.5 Å². The van der Waals surface area contributed by atoms with E-state index in [0.29, 0.717) is 25.4 Å². The van der Waals surface area contributed by atoms with Gasteiger partial charge in [0.2, 0.25) is 11.8 Å². The molecule has 0 aromatic heterocycles. The first kappa shape index (κ1) is 29.3. The number of nitrogens with zero attached hydrogens (tertiary/aromatic N) is 3. The molecule has 0 N–H and O–H groups in total. The van der Waals surface area contributed by atoms with E-state index in [1.54, 1.807) is 7.05 Å². The van der Waals surface area contributed by atoms with Crippen molar-refractivity contribution in [2.24, 2.45) is 5.92 Å². The number of benzene rings is 2. The van der Waals surface area contributed by atoms with Crippen LogP contribution < -0.4 is 0 Å². The standard InChI is InChI=1S/C32H36F3N3O2/c1-24-11-13-26(14-12-24)22-29(31(40)38-19-17-37(18-20-38)23-27-7-4-3-5-8-27)36(2)30(39)16-15-25-9-6-10-28(21-25)32(33,34)35/h3-11,13-16,21,24,29H,12,17-20,22-23H2,1-2H3/b16-15+/t24?,29-/m0/s1. The SMILES string of the molecule is CC1C=CC(C[C@@H](C(=O)N2CCN(Cc3ccccc3)CC2)N(C)C(=O)/C=C/c2cccc(C(F)(F)F)c2)=CC1. The minimum Gasteiger partial charge on any atom is -0.338 e. The Hall–Kier alpha value is -3.65. The number of allylic oxidation sites excluding steroid dienone is 3. The number of alkyl halides is 3. The zero-order chi connectivity index (χ0) is 28.7. The molecule has 8 heteroatoms. The predicted octanol–water partition coefficient (Wildman–Crippen LogP) is 5.80. The molecule has 1 fully saturated rings. The van der Waals surface area contributed by atoms with Crippen molar-refractivity contribution >= 4 is 17.9 Å². The van der Waals surface area contributed by atoms with Crippen molar-refractivity contribution in [1.29, 1.82) is 0 Å². The minimum atomic E-state index is -4.47. The molecule has 0 bridgehead atoms. The molecule has 212 valence electrons. The number of halogens is 3. The maximum Gasteiger partial charge on any atom is 0.416 e. The van der Waals surface area contributed by atoms with Gasteiger partial charge in [-0.1, -0.05) is 67.6 Å². The zero-order valence-electron chi connectivity index (χ0n) is 23.0. The van der Waals surface area contributed by atoms with Gasteiger partial charge in [0.1, 0.15) is 6.04 Å². The molecule has 1 aliphatic carbocycles. The van der Waals surface area contributed by atoms with Gasteiger partial charge < -0.3 is 9.80 Å².